The first-order chi connectivity index (χ1) is 7.67. The maximum absolute atomic E-state index is 11.3. The lowest BCUT2D eigenvalue weighted by atomic mass is 10.2. The minimum Gasteiger partial charge on any atom is -0.462 e. The SMILES string of the molecule is CCOC(=O)c1ccc(NC(=O)CO)cc1. The van der Waals surface area contributed by atoms with Gasteiger partial charge in [-0.1, -0.05) is 0 Å². The number of carbonyl (C=O) groups is 2. The number of benzene rings is 1. The molecule has 0 spiro atoms. The maximum Gasteiger partial charge on any atom is 0.338 e. The number of amides is 1. The molecule has 0 fully saturated rings. The Morgan fingerprint density at radius 3 is 2.44 bits per heavy atom. The van der Waals surface area contributed by atoms with Crippen LogP contribution >= 0.6 is 0 Å². The lowest BCUT2D eigenvalue weighted by molar-refractivity contribution is -0.118. The van der Waals surface area contributed by atoms with E-state index >= 15 is 0 Å². The lowest BCUT2D eigenvalue weighted by Crippen LogP contribution is -2.15. The van der Waals surface area contributed by atoms with Crippen LogP contribution in [0.2, 0.25) is 0 Å². The predicted octanol–water partition coefficient (Wildman–Crippen LogP) is 0.794. The fourth-order valence-corrected chi connectivity index (χ4v) is 1.10. The van der Waals surface area contributed by atoms with E-state index in [9.17, 15) is 9.59 Å². The number of hydrogen-bond donors (Lipinski definition) is 2. The van der Waals surface area contributed by atoms with Crippen LogP contribution in [0.3, 0.4) is 0 Å². The Morgan fingerprint density at radius 1 is 1.31 bits per heavy atom. The number of ether oxygens (including phenoxy) is 1. The van der Waals surface area contributed by atoms with Crippen molar-refractivity contribution in [3.63, 3.8) is 0 Å². The van der Waals surface area contributed by atoms with Gasteiger partial charge in [0.15, 0.2) is 0 Å². The Kier molecular flexibility index (Phi) is 4.47. The normalized spacial score (nSPS) is 9.62. The van der Waals surface area contributed by atoms with Gasteiger partial charge in [-0.15, -0.1) is 0 Å². The third kappa shape index (κ3) is 3.36. The van der Waals surface area contributed by atoms with Crippen LogP contribution in [0, 0.1) is 0 Å². The summed E-state index contributed by atoms with van der Waals surface area (Å²) in [6, 6.07) is 6.23. The first-order valence-electron chi connectivity index (χ1n) is 4.85. The van der Waals surface area contributed by atoms with Crippen molar-refractivity contribution >= 4 is 17.6 Å². The van der Waals surface area contributed by atoms with Gasteiger partial charge in [0.05, 0.1) is 12.2 Å². The number of hydrogen-bond acceptors (Lipinski definition) is 4. The molecule has 0 aliphatic rings. The number of aliphatic hydroxyl groups is 1. The van der Waals surface area contributed by atoms with Gasteiger partial charge in [-0.25, -0.2) is 4.79 Å². The third-order valence-electron chi connectivity index (χ3n) is 1.82. The number of esters is 1. The molecule has 86 valence electrons. The smallest absolute Gasteiger partial charge is 0.338 e. The van der Waals surface area contributed by atoms with Crippen LogP contribution in [0.5, 0.6) is 0 Å². The molecule has 2 N–H and O–H groups in total. The third-order valence-corrected chi connectivity index (χ3v) is 1.82. The first-order valence-corrected chi connectivity index (χ1v) is 4.85. The Bertz CT molecular complexity index is 372. The van der Waals surface area contributed by atoms with Crippen molar-refractivity contribution in [1.82, 2.24) is 0 Å². The second-order valence-electron chi connectivity index (χ2n) is 3.00. The van der Waals surface area contributed by atoms with Crippen molar-refractivity contribution in [2.45, 2.75) is 6.92 Å². The quantitative estimate of drug-likeness (QED) is 0.740. The number of rotatable bonds is 4. The second kappa shape index (κ2) is 5.87. The van der Waals surface area contributed by atoms with Gasteiger partial charge >= 0.3 is 5.97 Å². The molecule has 1 aromatic carbocycles. The summed E-state index contributed by atoms with van der Waals surface area (Å²) in [5, 5.41) is 11.0. The first kappa shape index (κ1) is 12.2. The van der Waals surface area contributed by atoms with E-state index in [-0.39, 0.29) is 0 Å². The zero-order valence-electron chi connectivity index (χ0n) is 8.90. The van der Waals surface area contributed by atoms with Crippen molar-refractivity contribution in [2.75, 3.05) is 18.5 Å². The van der Waals surface area contributed by atoms with E-state index < -0.39 is 18.5 Å². The number of carbonyl (C=O) groups excluding carboxylic acids is 2. The predicted molar refractivity (Wildman–Crippen MR) is 58.1 cm³/mol. The highest BCUT2D eigenvalue weighted by Gasteiger charge is 2.06. The number of aliphatic hydroxyl groups excluding tert-OH is 1. The average Bonchev–Trinajstić information content (AvgIpc) is 2.30. The highest BCUT2D eigenvalue weighted by atomic mass is 16.5. The fraction of sp³-hybridized carbons (Fsp3) is 0.273. The molecule has 16 heavy (non-hydrogen) atoms. The molecule has 0 atom stereocenters. The maximum atomic E-state index is 11.3. The van der Waals surface area contributed by atoms with Crippen molar-refractivity contribution < 1.29 is 19.4 Å². The zero-order chi connectivity index (χ0) is 12.0. The zero-order valence-corrected chi connectivity index (χ0v) is 8.90. The van der Waals surface area contributed by atoms with Crippen LogP contribution in [0.15, 0.2) is 24.3 Å². The second-order valence-corrected chi connectivity index (χ2v) is 3.00. The van der Waals surface area contributed by atoms with E-state index in [0.29, 0.717) is 17.9 Å². The van der Waals surface area contributed by atoms with Crippen LogP contribution in [0.4, 0.5) is 5.69 Å². The van der Waals surface area contributed by atoms with Crippen LogP contribution < -0.4 is 5.32 Å². The van der Waals surface area contributed by atoms with Gasteiger partial charge in [-0.2, -0.15) is 0 Å². The summed E-state index contributed by atoms with van der Waals surface area (Å²) in [7, 11) is 0. The standard InChI is InChI=1S/C11H13NO4/c1-2-16-11(15)8-3-5-9(6-4-8)12-10(14)7-13/h3-6,13H,2,7H2,1H3,(H,12,14). The summed E-state index contributed by atoms with van der Waals surface area (Å²) in [5.41, 5.74) is 0.941. The van der Waals surface area contributed by atoms with Gasteiger partial charge < -0.3 is 15.2 Å². The largest absolute Gasteiger partial charge is 0.462 e. The highest BCUT2D eigenvalue weighted by Crippen LogP contribution is 2.10. The molecular formula is C11H13NO4. The molecule has 1 rings (SSSR count). The topological polar surface area (TPSA) is 75.6 Å². The molecule has 0 saturated carbocycles. The summed E-state index contributed by atoms with van der Waals surface area (Å²) >= 11 is 0. The van der Waals surface area contributed by atoms with E-state index in [4.69, 9.17) is 9.84 Å². The molecule has 0 aromatic heterocycles. The minimum absolute atomic E-state index is 0.321. The molecule has 1 aromatic rings. The minimum atomic E-state index is -0.570. The molecule has 0 radical (unpaired) electrons. The molecule has 0 aliphatic carbocycles. The van der Waals surface area contributed by atoms with Crippen molar-refractivity contribution in [1.29, 1.82) is 0 Å². The lowest BCUT2D eigenvalue weighted by Gasteiger charge is -2.04. The Balaban J connectivity index is 2.67. The van der Waals surface area contributed by atoms with E-state index in [1.54, 1.807) is 31.2 Å². The molecule has 0 aliphatic heterocycles. The van der Waals surface area contributed by atoms with Gasteiger partial charge in [0, 0.05) is 5.69 Å². The summed E-state index contributed by atoms with van der Waals surface area (Å²) in [6.07, 6.45) is 0. The van der Waals surface area contributed by atoms with Crippen LogP contribution in [-0.2, 0) is 9.53 Å². The monoisotopic (exact) mass is 223 g/mol. The fourth-order valence-electron chi connectivity index (χ4n) is 1.10. The van der Waals surface area contributed by atoms with Gasteiger partial charge in [0.1, 0.15) is 6.61 Å². The Morgan fingerprint density at radius 2 is 1.94 bits per heavy atom. The van der Waals surface area contributed by atoms with E-state index in [1.807, 2.05) is 0 Å². The van der Waals surface area contributed by atoms with Gasteiger partial charge in [0.2, 0.25) is 5.91 Å². The van der Waals surface area contributed by atoms with E-state index in [0.717, 1.165) is 0 Å². The van der Waals surface area contributed by atoms with E-state index in [2.05, 4.69) is 5.32 Å². The molecule has 0 bridgehead atoms. The molecule has 0 unspecified atom stereocenters. The van der Waals surface area contributed by atoms with Crippen molar-refractivity contribution in [2.24, 2.45) is 0 Å². The highest BCUT2D eigenvalue weighted by molar-refractivity contribution is 5.93. The molecule has 0 saturated heterocycles. The summed E-state index contributed by atoms with van der Waals surface area (Å²) in [5.74, 6) is -0.897. The van der Waals surface area contributed by atoms with Gasteiger partial charge in [-0.3, -0.25) is 4.79 Å². The number of nitrogens with one attached hydrogen (secondary N) is 1. The van der Waals surface area contributed by atoms with Crippen LogP contribution in [0.1, 0.15) is 17.3 Å². The van der Waals surface area contributed by atoms with E-state index in [1.165, 1.54) is 0 Å². The summed E-state index contributed by atoms with van der Waals surface area (Å²) in [6.45, 7) is 1.48. The molecule has 0 heterocycles. The molecule has 5 heteroatoms. The molecular weight excluding hydrogens is 210 g/mol. The average molecular weight is 223 g/mol. The Labute approximate surface area is 93.0 Å². The summed E-state index contributed by atoms with van der Waals surface area (Å²) in [4.78, 5) is 22.1. The van der Waals surface area contributed by atoms with Crippen molar-refractivity contribution in [3.05, 3.63) is 29.8 Å². The Hall–Kier alpha value is -1.88. The summed E-state index contributed by atoms with van der Waals surface area (Å²) < 4.78 is 4.80. The van der Waals surface area contributed by atoms with Gasteiger partial charge in [0.25, 0.3) is 0 Å². The van der Waals surface area contributed by atoms with Gasteiger partial charge in [-0.05, 0) is 31.2 Å². The molecule has 1 amide bonds. The number of anilines is 1. The van der Waals surface area contributed by atoms with Crippen molar-refractivity contribution in [3.8, 4) is 0 Å². The van der Waals surface area contributed by atoms with Crippen LogP contribution in [-0.4, -0.2) is 30.2 Å². The molecule has 5 nitrogen and oxygen atoms in total. The van der Waals surface area contributed by atoms with Crippen LogP contribution in [0.25, 0.3) is 0 Å².